The van der Waals surface area contributed by atoms with E-state index in [0.717, 1.165) is 10.0 Å². The number of piperazine rings is 1. The van der Waals surface area contributed by atoms with Gasteiger partial charge in [-0.3, -0.25) is 9.69 Å². The second-order valence-corrected chi connectivity index (χ2v) is 6.90. The van der Waals surface area contributed by atoms with Crippen LogP contribution in [0.3, 0.4) is 0 Å². The molecule has 26 heavy (non-hydrogen) atoms. The van der Waals surface area contributed by atoms with Gasteiger partial charge >= 0.3 is 6.18 Å². The highest BCUT2D eigenvalue weighted by Crippen LogP contribution is 2.17. The fraction of sp³-hybridized carbons (Fsp3) is 0.500. The van der Waals surface area contributed by atoms with E-state index in [9.17, 15) is 18.0 Å². The summed E-state index contributed by atoms with van der Waals surface area (Å²) in [6.45, 7) is 2.23. The number of rotatable bonds is 7. The summed E-state index contributed by atoms with van der Waals surface area (Å²) in [5.74, 6) is -0.0334. The summed E-state index contributed by atoms with van der Waals surface area (Å²) in [7, 11) is 0. The van der Waals surface area contributed by atoms with E-state index in [-0.39, 0.29) is 12.5 Å². The molecule has 0 spiro atoms. The summed E-state index contributed by atoms with van der Waals surface area (Å²) >= 11 is 3.44. The number of halogens is 4. The van der Waals surface area contributed by atoms with Crippen LogP contribution in [-0.4, -0.2) is 67.8 Å². The number of benzene rings is 1. The Morgan fingerprint density at radius 2 is 1.88 bits per heavy atom. The number of carbonyl (C=O) groups is 1. The van der Waals surface area contributed by atoms with E-state index >= 15 is 0 Å². The second kappa shape index (κ2) is 10.1. The van der Waals surface area contributed by atoms with Crippen LogP contribution in [0.4, 0.5) is 13.2 Å². The van der Waals surface area contributed by atoms with Crippen molar-refractivity contribution < 1.29 is 22.7 Å². The molecule has 1 aromatic rings. The molecule has 1 aliphatic rings. The molecule has 1 saturated heterocycles. The molecule has 0 aliphatic carbocycles. The smallest absolute Gasteiger partial charge is 0.372 e. The van der Waals surface area contributed by atoms with Gasteiger partial charge in [0, 0.05) is 49.9 Å². The average molecular weight is 435 g/mol. The zero-order valence-corrected chi connectivity index (χ0v) is 15.9. The lowest BCUT2D eigenvalue weighted by Gasteiger charge is -2.34. The number of carbonyl (C=O) groups excluding carboxylic acids is 1. The van der Waals surface area contributed by atoms with Crippen LogP contribution in [0.2, 0.25) is 0 Å². The Kier molecular flexibility index (Phi) is 8.12. The van der Waals surface area contributed by atoms with Crippen LogP contribution in [0.25, 0.3) is 6.08 Å². The molecule has 2 rings (SSSR count). The molecule has 0 bridgehead atoms. The first-order chi connectivity index (χ1) is 12.3. The second-order valence-electron chi connectivity index (χ2n) is 6.04. The predicted octanol–water partition coefficient (Wildman–Crippen LogP) is 3.58. The Balaban J connectivity index is 1.66. The van der Waals surface area contributed by atoms with Gasteiger partial charge in [0.1, 0.15) is 6.61 Å². The predicted molar refractivity (Wildman–Crippen MR) is 97.7 cm³/mol. The highest BCUT2D eigenvalue weighted by Gasteiger charge is 2.27. The molecular formula is C18H22BrF3N2O2. The topological polar surface area (TPSA) is 32.8 Å². The highest BCUT2D eigenvalue weighted by molar-refractivity contribution is 9.10. The van der Waals surface area contributed by atoms with Gasteiger partial charge in [-0.25, -0.2) is 0 Å². The zero-order chi connectivity index (χ0) is 19.0. The first kappa shape index (κ1) is 20.9. The van der Waals surface area contributed by atoms with Gasteiger partial charge in [-0.15, -0.1) is 0 Å². The molecule has 1 fully saturated rings. The Bertz CT molecular complexity index is 615. The zero-order valence-electron chi connectivity index (χ0n) is 14.3. The maximum absolute atomic E-state index is 12.3. The SMILES string of the molecule is O=C(/C=C/c1ccccc1Br)N1CCN(CCCOCC(F)(F)F)CC1. The summed E-state index contributed by atoms with van der Waals surface area (Å²) in [5.41, 5.74) is 0.943. The third-order valence-corrected chi connectivity index (χ3v) is 4.75. The van der Waals surface area contributed by atoms with Crippen molar-refractivity contribution >= 4 is 27.9 Å². The molecule has 1 heterocycles. The molecule has 4 nitrogen and oxygen atoms in total. The summed E-state index contributed by atoms with van der Waals surface area (Å²) in [6.07, 6.45) is -0.363. The van der Waals surface area contributed by atoms with Crippen molar-refractivity contribution in [2.75, 3.05) is 45.9 Å². The van der Waals surface area contributed by atoms with E-state index in [1.165, 1.54) is 0 Å². The Morgan fingerprint density at radius 1 is 1.19 bits per heavy atom. The van der Waals surface area contributed by atoms with Crippen LogP contribution < -0.4 is 0 Å². The standard InChI is InChI=1S/C18H22BrF3N2O2/c19-16-5-2-1-4-15(16)6-7-17(25)24-11-9-23(10-12-24)8-3-13-26-14-18(20,21)22/h1-2,4-7H,3,8-14H2/b7-6+. The Morgan fingerprint density at radius 3 is 2.54 bits per heavy atom. The van der Waals surface area contributed by atoms with E-state index in [1.807, 2.05) is 24.3 Å². The minimum atomic E-state index is -4.27. The number of alkyl halides is 3. The summed E-state index contributed by atoms with van der Waals surface area (Å²) in [4.78, 5) is 16.2. The molecule has 0 radical (unpaired) electrons. The number of amides is 1. The molecule has 8 heteroatoms. The van der Waals surface area contributed by atoms with Crippen LogP contribution in [0, 0.1) is 0 Å². The minimum Gasteiger partial charge on any atom is -0.372 e. The van der Waals surface area contributed by atoms with Gasteiger partial charge in [0.05, 0.1) is 0 Å². The molecule has 0 atom stereocenters. The van der Waals surface area contributed by atoms with Crippen molar-refractivity contribution in [3.8, 4) is 0 Å². The van der Waals surface area contributed by atoms with E-state index in [4.69, 9.17) is 0 Å². The fourth-order valence-electron chi connectivity index (χ4n) is 2.65. The average Bonchev–Trinajstić information content (AvgIpc) is 2.60. The maximum Gasteiger partial charge on any atom is 0.411 e. The van der Waals surface area contributed by atoms with Gasteiger partial charge in [-0.1, -0.05) is 34.1 Å². The molecule has 144 valence electrons. The third-order valence-electron chi connectivity index (χ3n) is 4.02. The first-order valence-corrected chi connectivity index (χ1v) is 9.23. The van der Waals surface area contributed by atoms with E-state index < -0.39 is 12.8 Å². The monoisotopic (exact) mass is 434 g/mol. The number of hydrogen-bond acceptors (Lipinski definition) is 3. The quantitative estimate of drug-likeness (QED) is 0.485. The molecule has 1 aliphatic heterocycles. The van der Waals surface area contributed by atoms with Crippen LogP contribution in [0.1, 0.15) is 12.0 Å². The normalized spacial score (nSPS) is 16.4. The van der Waals surface area contributed by atoms with Crippen LogP contribution >= 0.6 is 15.9 Å². The van der Waals surface area contributed by atoms with Gasteiger partial charge < -0.3 is 9.64 Å². The number of nitrogens with zero attached hydrogens (tertiary/aromatic N) is 2. The molecular weight excluding hydrogens is 413 g/mol. The molecule has 1 aromatic carbocycles. The Hall–Kier alpha value is -1.38. The Labute approximate surface area is 159 Å². The van der Waals surface area contributed by atoms with Gasteiger partial charge in [0.15, 0.2) is 0 Å². The third kappa shape index (κ3) is 7.47. The van der Waals surface area contributed by atoms with Crippen molar-refractivity contribution in [1.29, 1.82) is 0 Å². The summed E-state index contributed by atoms with van der Waals surface area (Å²) in [6, 6.07) is 7.66. The van der Waals surface area contributed by atoms with Crippen molar-refractivity contribution in [3.05, 3.63) is 40.4 Å². The van der Waals surface area contributed by atoms with E-state index in [2.05, 4.69) is 25.6 Å². The summed E-state index contributed by atoms with van der Waals surface area (Å²) < 4.78 is 41.4. The van der Waals surface area contributed by atoms with Crippen LogP contribution in [0.15, 0.2) is 34.8 Å². The lowest BCUT2D eigenvalue weighted by atomic mass is 10.2. The van der Waals surface area contributed by atoms with Crippen LogP contribution in [-0.2, 0) is 9.53 Å². The van der Waals surface area contributed by atoms with Crippen molar-refractivity contribution in [3.63, 3.8) is 0 Å². The van der Waals surface area contributed by atoms with Gasteiger partial charge in [0.2, 0.25) is 5.91 Å². The van der Waals surface area contributed by atoms with Crippen molar-refractivity contribution in [2.24, 2.45) is 0 Å². The number of ether oxygens (including phenoxy) is 1. The van der Waals surface area contributed by atoms with Gasteiger partial charge in [0.25, 0.3) is 0 Å². The highest BCUT2D eigenvalue weighted by atomic mass is 79.9. The largest absolute Gasteiger partial charge is 0.411 e. The molecule has 1 amide bonds. The molecule has 0 N–H and O–H groups in total. The van der Waals surface area contributed by atoms with E-state index in [0.29, 0.717) is 39.1 Å². The molecule has 0 aromatic heterocycles. The summed E-state index contributed by atoms with van der Waals surface area (Å²) in [5, 5.41) is 0. The maximum atomic E-state index is 12.3. The fourth-order valence-corrected chi connectivity index (χ4v) is 3.06. The minimum absolute atomic E-state index is 0.0334. The van der Waals surface area contributed by atoms with E-state index in [1.54, 1.807) is 17.1 Å². The van der Waals surface area contributed by atoms with Gasteiger partial charge in [-0.05, 0) is 24.1 Å². The van der Waals surface area contributed by atoms with Crippen molar-refractivity contribution in [1.82, 2.24) is 9.80 Å². The number of hydrogen-bond donors (Lipinski definition) is 0. The lowest BCUT2D eigenvalue weighted by Crippen LogP contribution is -2.48. The lowest BCUT2D eigenvalue weighted by molar-refractivity contribution is -0.174. The van der Waals surface area contributed by atoms with Crippen molar-refractivity contribution in [2.45, 2.75) is 12.6 Å². The molecule has 0 saturated carbocycles. The first-order valence-electron chi connectivity index (χ1n) is 8.43. The molecule has 0 unspecified atom stereocenters. The van der Waals surface area contributed by atoms with Gasteiger partial charge in [-0.2, -0.15) is 13.2 Å². The van der Waals surface area contributed by atoms with Crippen LogP contribution in [0.5, 0.6) is 0 Å².